The average molecular weight is 373 g/mol. The molecule has 0 aliphatic heterocycles. The Balaban J connectivity index is 2.64. The molecule has 1 aromatic carbocycles. The molecule has 0 spiro atoms. The number of nitro benzene ring substituents is 1. The molecule has 0 radical (unpaired) electrons. The van der Waals surface area contributed by atoms with Gasteiger partial charge in [-0.2, -0.15) is 8.78 Å². The third-order valence-electron chi connectivity index (χ3n) is 2.45. The van der Waals surface area contributed by atoms with Gasteiger partial charge in [-0.05, 0) is 18.4 Å². The first kappa shape index (κ1) is 19.6. The molecule has 0 atom stereocenters. The molecule has 11 heteroatoms. The Morgan fingerprint density at radius 2 is 2.09 bits per heavy atom. The molecule has 0 saturated carbocycles. The number of thioether (sulfide) groups is 2. The van der Waals surface area contributed by atoms with E-state index in [0.29, 0.717) is 16.7 Å². The van der Waals surface area contributed by atoms with E-state index in [0.717, 1.165) is 0 Å². The molecule has 1 rings (SSSR count). The average Bonchev–Trinajstić information content (AvgIpc) is 2.50. The predicted octanol–water partition coefficient (Wildman–Crippen LogP) is 3.85. The number of carbonyl (C=O) groups excluding carboxylic acids is 1. The number of ether oxygens (including phenoxy) is 1. The summed E-state index contributed by atoms with van der Waals surface area (Å²) in [5.74, 6) is -6.11. The van der Waals surface area contributed by atoms with Crippen molar-refractivity contribution in [2.45, 2.75) is 22.1 Å². The predicted molar refractivity (Wildman–Crippen MR) is 77.5 cm³/mol. The van der Waals surface area contributed by atoms with E-state index in [-0.39, 0.29) is 10.6 Å². The highest BCUT2D eigenvalue weighted by atomic mass is 32.2. The molecule has 0 aromatic heterocycles. The van der Waals surface area contributed by atoms with Gasteiger partial charge in [0.2, 0.25) is 0 Å². The molecule has 5 nitrogen and oxygen atoms in total. The van der Waals surface area contributed by atoms with Gasteiger partial charge in [0.25, 0.3) is 5.69 Å². The fraction of sp³-hybridized carbons (Fsp3) is 0.417. The maximum Gasteiger partial charge on any atom is 0.340 e. The molecule has 1 aromatic rings. The summed E-state index contributed by atoms with van der Waals surface area (Å²) in [4.78, 5) is 22.4. The highest BCUT2D eigenvalue weighted by Gasteiger charge is 2.42. The zero-order valence-corrected chi connectivity index (χ0v) is 13.3. The molecular weight excluding hydrogens is 362 g/mol. The van der Waals surface area contributed by atoms with Crippen molar-refractivity contribution >= 4 is 35.2 Å². The standard InChI is InChI=1S/C12H11F4NO4S2/c1-22-7-2-3-9(8(4-7)17(19)20)23-5-10(18)21-6-12(15,16)11(13)14/h2-4,11H,5-6H2,1H3. The van der Waals surface area contributed by atoms with Crippen molar-refractivity contribution in [3.05, 3.63) is 28.3 Å². The van der Waals surface area contributed by atoms with E-state index in [9.17, 15) is 32.5 Å². The number of nitrogens with zero attached hydrogens (tertiary/aromatic N) is 1. The number of hydrogen-bond acceptors (Lipinski definition) is 6. The van der Waals surface area contributed by atoms with Crippen LogP contribution in [0, 0.1) is 10.1 Å². The van der Waals surface area contributed by atoms with Crippen molar-refractivity contribution in [2.75, 3.05) is 18.6 Å². The summed E-state index contributed by atoms with van der Waals surface area (Å²) in [6, 6.07) is 4.31. The first-order valence-electron chi connectivity index (χ1n) is 5.94. The van der Waals surface area contributed by atoms with Gasteiger partial charge in [0.15, 0.2) is 6.61 Å². The van der Waals surface area contributed by atoms with Crippen LogP contribution in [-0.4, -0.2) is 41.9 Å². The van der Waals surface area contributed by atoms with E-state index >= 15 is 0 Å². The van der Waals surface area contributed by atoms with Crippen LogP contribution in [0.4, 0.5) is 23.2 Å². The number of alkyl halides is 4. The molecular formula is C12H11F4NO4S2. The summed E-state index contributed by atoms with van der Waals surface area (Å²) in [7, 11) is 0. The normalized spacial score (nSPS) is 11.6. The smallest absolute Gasteiger partial charge is 0.340 e. The fourth-order valence-corrected chi connectivity index (χ4v) is 2.54. The van der Waals surface area contributed by atoms with E-state index in [2.05, 4.69) is 4.74 Å². The van der Waals surface area contributed by atoms with E-state index in [1.165, 1.54) is 23.9 Å². The second-order valence-corrected chi connectivity index (χ2v) is 6.00. The zero-order valence-electron chi connectivity index (χ0n) is 11.6. The maximum atomic E-state index is 12.6. The van der Waals surface area contributed by atoms with Gasteiger partial charge in [0.1, 0.15) is 0 Å². The van der Waals surface area contributed by atoms with E-state index in [1.54, 1.807) is 12.3 Å². The highest BCUT2D eigenvalue weighted by molar-refractivity contribution is 8.00. The largest absolute Gasteiger partial charge is 0.458 e. The van der Waals surface area contributed by atoms with Crippen LogP contribution in [0.3, 0.4) is 0 Å². The molecule has 0 N–H and O–H groups in total. The van der Waals surface area contributed by atoms with Gasteiger partial charge >= 0.3 is 18.3 Å². The van der Waals surface area contributed by atoms with Crippen LogP contribution in [0.2, 0.25) is 0 Å². The van der Waals surface area contributed by atoms with Gasteiger partial charge in [-0.3, -0.25) is 14.9 Å². The van der Waals surface area contributed by atoms with Gasteiger partial charge in [0.05, 0.1) is 15.6 Å². The van der Waals surface area contributed by atoms with Crippen molar-refractivity contribution < 1.29 is 32.0 Å². The van der Waals surface area contributed by atoms with Crippen LogP contribution in [0.15, 0.2) is 28.0 Å². The minimum absolute atomic E-state index is 0.144. The lowest BCUT2D eigenvalue weighted by atomic mass is 10.3. The molecule has 0 bridgehead atoms. The number of benzene rings is 1. The minimum atomic E-state index is -4.42. The molecule has 0 aliphatic carbocycles. The molecule has 0 saturated heterocycles. The van der Waals surface area contributed by atoms with Crippen LogP contribution < -0.4 is 0 Å². The van der Waals surface area contributed by atoms with Crippen LogP contribution in [0.1, 0.15) is 0 Å². The number of halogens is 4. The first-order valence-corrected chi connectivity index (χ1v) is 8.15. The summed E-state index contributed by atoms with van der Waals surface area (Å²) < 4.78 is 53.1. The molecule has 23 heavy (non-hydrogen) atoms. The first-order chi connectivity index (χ1) is 10.7. The van der Waals surface area contributed by atoms with Crippen LogP contribution >= 0.6 is 23.5 Å². The van der Waals surface area contributed by atoms with Crippen molar-refractivity contribution in [1.29, 1.82) is 0 Å². The topological polar surface area (TPSA) is 69.4 Å². The fourth-order valence-electron chi connectivity index (χ4n) is 1.31. The third kappa shape index (κ3) is 5.90. The second-order valence-electron chi connectivity index (χ2n) is 4.10. The maximum absolute atomic E-state index is 12.6. The van der Waals surface area contributed by atoms with Crippen LogP contribution in [-0.2, 0) is 9.53 Å². The number of hydrogen-bond donors (Lipinski definition) is 0. The van der Waals surface area contributed by atoms with Gasteiger partial charge in [-0.15, -0.1) is 23.5 Å². The Hall–Kier alpha value is -1.49. The molecule has 0 amide bonds. The summed E-state index contributed by atoms with van der Waals surface area (Å²) in [6.07, 6.45) is -2.21. The minimum Gasteiger partial charge on any atom is -0.458 e. The summed E-state index contributed by atoms with van der Waals surface area (Å²) >= 11 is 1.99. The number of carbonyl (C=O) groups is 1. The van der Waals surface area contributed by atoms with Crippen LogP contribution in [0.25, 0.3) is 0 Å². The summed E-state index contributed by atoms with van der Waals surface area (Å²) in [5, 5.41) is 11.0. The van der Waals surface area contributed by atoms with Crippen molar-refractivity contribution in [2.24, 2.45) is 0 Å². The van der Waals surface area contributed by atoms with Crippen molar-refractivity contribution in [3.8, 4) is 0 Å². The molecule has 0 aliphatic rings. The Bertz CT molecular complexity index is 586. The van der Waals surface area contributed by atoms with Crippen LogP contribution in [0.5, 0.6) is 0 Å². The van der Waals surface area contributed by atoms with Gasteiger partial charge < -0.3 is 4.74 Å². The van der Waals surface area contributed by atoms with E-state index < -0.39 is 35.6 Å². The lowest BCUT2D eigenvalue weighted by molar-refractivity contribution is -0.387. The highest BCUT2D eigenvalue weighted by Crippen LogP contribution is 2.32. The molecule has 128 valence electrons. The lowest BCUT2D eigenvalue weighted by Crippen LogP contribution is -2.33. The van der Waals surface area contributed by atoms with Gasteiger partial charge in [-0.1, -0.05) is 0 Å². The monoisotopic (exact) mass is 373 g/mol. The van der Waals surface area contributed by atoms with E-state index in [4.69, 9.17) is 0 Å². The Morgan fingerprint density at radius 3 is 2.61 bits per heavy atom. The SMILES string of the molecule is CSc1ccc(SCC(=O)OCC(F)(F)C(F)F)c([N+](=O)[O-])c1. The third-order valence-corrected chi connectivity index (χ3v) is 4.21. The van der Waals surface area contributed by atoms with Crippen molar-refractivity contribution in [3.63, 3.8) is 0 Å². The Labute approximate surface area is 136 Å². The number of rotatable bonds is 8. The molecule has 0 heterocycles. The zero-order chi connectivity index (χ0) is 17.6. The number of esters is 1. The summed E-state index contributed by atoms with van der Waals surface area (Å²) in [5.41, 5.74) is -0.243. The molecule has 0 fully saturated rings. The Morgan fingerprint density at radius 1 is 1.43 bits per heavy atom. The quantitative estimate of drug-likeness (QED) is 0.227. The summed E-state index contributed by atoms with van der Waals surface area (Å²) in [6.45, 7) is -1.74. The molecule has 0 unspecified atom stereocenters. The Kier molecular flexibility index (Phi) is 7.13. The van der Waals surface area contributed by atoms with Gasteiger partial charge in [-0.25, -0.2) is 8.78 Å². The van der Waals surface area contributed by atoms with Gasteiger partial charge in [0, 0.05) is 11.0 Å². The lowest BCUT2D eigenvalue weighted by Gasteiger charge is -2.14. The second kappa shape index (κ2) is 8.39. The van der Waals surface area contributed by atoms with E-state index in [1.807, 2.05) is 0 Å². The number of nitro groups is 1. The van der Waals surface area contributed by atoms with Crippen molar-refractivity contribution in [1.82, 2.24) is 0 Å².